The molecular formula is C16H24N2O3. The number of rotatable bonds is 4. The van der Waals surface area contributed by atoms with Gasteiger partial charge >= 0.3 is 0 Å². The van der Waals surface area contributed by atoms with Crippen molar-refractivity contribution in [2.45, 2.75) is 63.7 Å². The predicted molar refractivity (Wildman–Crippen MR) is 77.1 cm³/mol. The summed E-state index contributed by atoms with van der Waals surface area (Å²) < 4.78 is 10.7. The molecule has 0 radical (unpaired) electrons. The van der Waals surface area contributed by atoms with Crippen molar-refractivity contribution in [3.8, 4) is 0 Å². The van der Waals surface area contributed by atoms with Crippen LogP contribution in [0.15, 0.2) is 4.52 Å². The maximum atomic E-state index is 11.9. The van der Waals surface area contributed by atoms with Gasteiger partial charge in [0.15, 0.2) is 5.82 Å². The Balaban J connectivity index is 1.61. The summed E-state index contributed by atoms with van der Waals surface area (Å²) in [7, 11) is 0. The van der Waals surface area contributed by atoms with Gasteiger partial charge in [0.1, 0.15) is 11.7 Å². The number of nitrogens with zero attached hydrogens (tertiary/aromatic N) is 2. The summed E-state index contributed by atoms with van der Waals surface area (Å²) in [5, 5.41) is 4.13. The largest absolute Gasteiger partial charge is 0.380 e. The van der Waals surface area contributed by atoms with Crippen molar-refractivity contribution in [1.82, 2.24) is 10.1 Å². The van der Waals surface area contributed by atoms with E-state index in [9.17, 15) is 4.79 Å². The number of aromatic nitrogens is 2. The maximum Gasteiger partial charge on any atom is 0.239 e. The van der Waals surface area contributed by atoms with Gasteiger partial charge in [0.2, 0.25) is 5.89 Å². The number of ketones is 1. The van der Waals surface area contributed by atoms with E-state index < -0.39 is 0 Å². The van der Waals surface area contributed by atoms with Crippen LogP contribution in [0.3, 0.4) is 0 Å². The van der Waals surface area contributed by atoms with Crippen molar-refractivity contribution < 1.29 is 14.1 Å². The summed E-state index contributed by atoms with van der Waals surface area (Å²) in [6.07, 6.45) is 7.84. The van der Waals surface area contributed by atoms with Crippen molar-refractivity contribution in [3.63, 3.8) is 0 Å². The van der Waals surface area contributed by atoms with Crippen LogP contribution in [0.1, 0.15) is 75.4 Å². The number of hydrogen-bond donors (Lipinski definition) is 0. The van der Waals surface area contributed by atoms with Gasteiger partial charge in [0.25, 0.3) is 0 Å². The molecule has 116 valence electrons. The van der Waals surface area contributed by atoms with Crippen LogP contribution in [0.4, 0.5) is 0 Å². The highest BCUT2D eigenvalue weighted by Gasteiger charge is 2.32. The van der Waals surface area contributed by atoms with Gasteiger partial charge < -0.3 is 9.26 Å². The van der Waals surface area contributed by atoms with Gasteiger partial charge in [-0.1, -0.05) is 24.9 Å². The third-order valence-electron chi connectivity index (χ3n) is 4.83. The number of hydrogen-bond acceptors (Lipinski definition) is 5. The van der Waals surface area contributed by atoms with Crippen molar-refractivity contribution in [1.29, 1.82) is 0 Å². The summed E-state index contributed by atoms with van der Waals surface area (Å²) in [4.78, 5) is 16.4. The van der Waals surface area contributed by atoms with E-state index in [0.717, 1.165) is 24.6 Å². The first-order chi connectivity index (χ1) is 10.3. The van der Waals surface area contributed by atoms with Crippen molar-refractivity contribution >= 4 is 5.78 Å². The Labute approximate surface area is 125 Å². The minimum atomic E-state index is -0.351. The molecule has 2 fully saturated rings. The summed E-state index contributed by atoms with van der Waals surface area (Å²) in [6.45, 7) is 3.14. The lowest BCUT2D eigenvalue weighted by Crippen LogP contribution is -2.26. The highest BCUT2D eigenvalue weighted by Crippen LogP contribution is 2.36. The van der Waals surface area contributed by atoms with Crippen molar-refractivity contribution in [2.75, 3.05) is 13.2 Å². The first-order valence-corrected chi connectivity index (χ1v) is 8.22. The average Bonchev–Trinajstić information content (AvgIpc) is 2.98. The highest BCUT2D eigenvalue weighted by molar-refractivity contribution is 5.85. The zero-order valence-electron chi connectivity index (χ0n) is 12.7. The van der Waals surface area contributed by atoms with E-state index in [4.69, 9.17) is 9.26 Å². The fourth-order valence-corrected chi connectivity index (χ4v) is 3.52. The monoisotopic (exact) mass is 292 g/mol. The molecule has 1 aliphatic heterocycles. The van der Waals surface area contributed by atoms with Crippen molar-refractivity contribution in [2.24, 2.45) is 5.92 Å². The Morgan fingerprint density at radius 1 is 1.24 bits per heavy atom. The Morgan fingerprint density at radius 3 is 2.76 bits per heavy atom. The molecule has 0 aromatic carbocycles. The molecule has 1 aliphatic carbocycles. The molecule has 1 unspecified atom stereocenters. The Kier molecular flexibility index (Phi) is 4.68. The SMILES string of the molecule is CCCC1CCC(c2noc(C3COCCC3=O)n2)CC1. The van der Waals surface area contributed by atoms with Crippen LogP contribution in [-0.4, -0.2) is 29.1 Å². The second-order valence-electron chi connectivity index (χ2n) is 6.34. The van der Waals surface area contributed by atoms with Crippen LogP contribution in [-0.2, 0) is 9.53 Å². The van der Waals surface area contributed by atoms with E-state index >= 15 is 0 Å². The molecule has 3 rings (SSSR count). The maximum absolute atomic E-state index is 11.9. The minimum Gasteiger partial charge on any atom is -0.380 e. The van der Waals surface area contributed by atoms with Gasteiger partial charge in [-0.2, -0.15) is 4.98 Å². The van der Waals surface area contributed by atoms with E-state index in [1.54, 1.807) is 0 Å². The quantitative estimate of drug-likeness (QED) is 0.852. The first-order valence-electron chi connectivity index (χ1n) is 8.22. The summed E-state index contributed by atoms with van der Waals surface area (Å²) in [5.41, 5.74) is 0. The van der Waals surface area contributed by atoms with Crippen LogP contribution >= 0.6 is 0 Å². The van der Waals surface area contributed by atoms with Gasteiger partial charge in [-0.05, 0) is 31.6 Å². The molecule has 21 heavy (non-hydrogen) atoms. The average molecular weight is 292 g/mol. The molecule has 1 aromatic rings. The van der Waals surface area contributed by atoms with E-state index in [1.807, 2.05) is 0 Å². The van der Waals surface area contributed by atoms with Gasteiger partial charge in [0.05, 0.1) is 13.2 Å². The lowest BCUT2D eigenvalue weighted by molar-refractivity contribution is -0.127. The number of carbonyl (C=O) groups excluding carboxylic acids is 1. The highest BCUT2D eigenvalue weighted by atomic mass is 16.5. The standard InChI is InChI=1S/C16H24N2O3/c1-2-3-11-4-6-12(7-5-11)15-17-16(21-18-15)13-10-20-9-8-14(13)19/h11-13H,2-10H2,1H3. The van der Waals surface area contributed by atoms with E-state index in [0.29, 0.717) is 31.4 Å². The van der Waals surface area contributed by atoms with Gasteiger partial charge in [-0.25, -0.2) is 0 Å². The van der Waals surface area contributed by atoms with Gasteiger partial charge in [0, 0.05) is 12.3 Å². The lowest BCUT2D eigenvalue weighted by Gasteiger charge is -2.26. The van der Waals surface area contributed by atoms with Gasteiger partial charge in [-0.3, -0.25) is 4.79 Å². The van der Waals surface area contributed by atoms with Gasteiger partial charge in [-0.15, -0.1) is 0 Å². The number of Topliss-reactive ketones (excluding diaryl/α,β-unsaturated/α-hetero) is 1. The lowest BCUT2D eigenvalue weighted by atomic mass is 9.80. The minimum absolute atomic E-state index is 0.156. The molecule has 5 heteroatoms. The molecule has 1 saturated heterocycles. The third kappa shape index (κ3) is 3.34. The predicted octanol–water partition coefficient (Wildman–Crippen LogP) is 3.22. The molecular weight excluding hydrogens is 268 g/mol. The van der Waals surface area contributed by atoms with Crippen LogP contribution in [0, 0.1) is 5.92 Å². The van der Waals surface area contributed by atoms with E-state index in [-0.39, 0.29) is 11.7 Å². The topological polar surface area (TPSA) is 65.2 Å². The molecule has 1 atom stereocenters. The second kappa shape index (κ2) is 6.69. The molecule has 2 aliphatic rings. The van der Waals surface area contributed by atoms with Crippen LogP contribution in [0.25, 0.3) is 0 Å². The number of carbonyl (C=O) groups is 1. The van der Waals surface area contributed by atoms with Crippen molar-refractivity contribution in [3.05, 3.63) is 11.7 Å². The summed E-state index contributed by atoms with van der Waals surface area (Å²) in [6, 6.07) is 0. The molecule has 1 aromatic heterocycles. The normalized spacial score (nSPS) is 30.5. The smallest absolute Gasteiger partial charge is 0.239 e. The van der Waals surface area contributed by atoms with Crippen LogP contribution < -0.4 is 0 Å². The molecule has 1 saturated carbocycles. The fraction of sp³-hybridized carbons (Fsp3) is 0.812. The molecule has 0 N–H and O–H groups in total. The fourth-order valence-electron chi connectivity index (χ4n) is 3.52. The van der Waals surface area contributed by atoms with Crippen LogP contribution in [0.5, 0.6) is 0 Å². The molecule has 0 amide bonds. The number of ether oxygens (including phenoxy) is 1. The zero-order chi connectivity index (χ0) is 14.7. The molecule has 5 nitrogen and oxygen atoms in total. The summed E-state index contributed by atoms with van der Waals surface area (Å²) >= 11 is 0. The zero-order valence-corrected chi connectivity index (χ0v) is 12.7. The van der Waals surface area contributed by atoms with E-state index in [2.05, 4.69) is 17.1 Å². The first kappa shape index (κ1) is 14.7. The van der Waals surface area contributed by atoms with Crippen LogP contribution in [0.2, 0.25) is 0 Å². The van der Waals surface area contributed by atoms with E-state index in [1.165, 1.54) is 25.7 Å². The molecule has 0 spiro atoms. The molecule has 0 bridgehead atoms. The molecule has 2 heterocycles. The Bertz CT molecular complexity index is 478. The Hall–Kier alpha value is -1.23. The summed E-state index contributed by atoms with van der Waals surface area (Å²) in [5.74, 6) is 2.31. The third-order valence-corrected chi connectivity index (χ3v) is 4.83. The second-order valence-corrected chi connectivity index (χ2v) is 6.34. The Morgan fingerprint density at radius 2 is 2.05 bits per heavy atom.